The first-order valence-corrected chi connectivity index (χ1v) is 9.27. The molecule has 0 radical (unpaired) electrons. The summed E-state index contributed by atoms with van der Waals surface area (Å²) in [5.41, 5.74) is 5.58. The minimum Gasteiger partial charge on any atom is -0.497 e. The van der Waals surface area contributed by atoms with E-state index in [-0.39, 0.29) is 24.0 Å². The van der Waals surface area contributed by atoms with Gasteiger partial charge in [-0.05, 0) is 36.6 Å². The zero-order valence-electron chi connectivity index (χ0n) is 15.4. The summed E-state index contributed by atoms with van der Waals surface area (Å²) in [4.78, 5) is 12.3. The Morgan fingerprint density at radius 2 is 2.27 bits per heavy atom. The quantitative estimate of drug-likeness (QED) is 0.406. The van der Waals surface area contributed by atoms with Gasteiger partial charge in [0.2, 0.25) is 0 Å². The van der Waals surface area contributed by atoms with Gasteiger partial charge in [-0.1, -0.05) is 18.2 Å². The molecule has 2 aromatic rings. The van der Waals surface area contributed by atoms with Crippen molar-refractivity contribution in [2.75, 3.05) is 27.2 Å². The molecule has 1 aromatic heterocycles. The summed E-state index contributed by atoms with van der Waals surface area (Å²) in [5, 5.41) is 3.45. The zero-order chi connectivity index (χ0) is 17.6. The molecular formula is C19H25IN4OS. The number of ether oxygens (including phenoxy) is 1. The number of aliphatic imine (C=N–C) groups is 1. The monoisotopic (exact) mass is 484 g/mol. The Bertz CT molecular complexity index is 787. The molecule has 0 atom stereocenters. The van der Waals surface area contributed by atoms with Crippen molar-refractivity contribution in [2.45, 2.75) is 19.9 Å². The van der Waals surface area contributed by atoms with Gasteiger partial charge < -0.3 is 15.0 Å². The number of hydrogen-bond donors (Lipinski definition) is 1. The molecule has 5 nitrogen and oxygen atoms in total. The van der Waals surface area contributed by atoms with Crippen molar-refractivity contribution in [3.63, 3.8) is 0 Å². The van der Waals surface area contributed by atoms with Crippen LogP contribution in [0.1, 0.15) is 22.6 Å². The van der Waals surface area contributed by atoms with Crippen molar-refractivity contribution in [1.29, 1.82) is 0 Å². The number of rotatable bonds is 4. The minimum atomic E-state index is 0. The van der Waals surface area contributed by atoms with E-state index in [0.717, 1.165) is 43.5 Å². The number of nitrogens with zero attached hydrogens (tertiary/aromatic N) is 3. The van der Waals surface area contributed by atoms with E-state index in [1.165, 1.54) is 16.0 Å². The van der Waals surface area contributed by atoms with Crippen LogP contribution in [0.4, 0.5) is 0 Å². The summed E-state index contributed by atoms with van der Waals surface area (Å²) < 4.78 is 5.33. The Labute approximate surface area is 176 Å². The Morgan fingerprint density at radius 3 is 2.88 bits per heavy atom. The second-order valence-corrected chi connectivity index (χ2v) is 6.86. The van der Waals surface area contributed by atoms with Crippen molar-refractivity contribution in [3.8, 4) is 5.75 Å². The molecule has 0 unspecified atom stereocenters. The standard InChI is InChI=1S/C19H24N4OS.HI/c1-14-18(25-13-22-14)12-21-19(20-2)23-9-7-15(8-10-23)16-5-4-6-17(11-16)24-3;/h4-7,11,13H,8-10,12H2,1-3H3,(H,20,21);1H. The summed E-state index contributed by atoms with van der Waals surface area (Å²) in [7, 11) is 3.54. The van der Waals surface area contributed by atoms with E-state index in [1.54, 1.807) is 18.4 Å². The van der Waals surface area contributed by atoms with E-state index in [4.69, 9.17) is 4.74 Å². The Hall–Kier alpha value is -1.61. The van der Waals surface area contributed by atoms with Crippen LogP contribution in [0.2, 0.25) is 0 Å². The number of thiazole rings is 1. The average molecular weight is 484 g/mol. The molecule has 0 saturated carbocycles. The summed E-state index contributed by atoms with van der Waals surface area (Å²) in [6.45, 7) is 4.62. The predicted octanol–water partition coefficient (Wildman–Crippen LogP) is 3.94. The van der Waals surface area contributed by atoms with Crippen LogP contribution >= 0.6 is 35.3 Å². The van der Waals surface area contributed by atoms with Gasteiger partial charge in [0, 0.05) is 25.0 Å². The zero-order valence-corrected chi connectivity index (χ0v) is 18.5. The van der Waals surface area contributed by atoms with E-state index < -0.39 is 0 Å². The summed E-state index contributed by atoms with van der Waals surface area (Å²) in [5.74, 6) is 1.84. The summed E-state index contributed by atoms with van der Waals surface area (Å²) in [6, 6.07) is 8.26. The van der Waals surface area contributed by atoms with Crippen LogP contribution in [-0.2, 0) is 6.54 Å². The molecule has 1 aliphatic rings. The number of benzene rings is 1. The third-order valence-electron chi connectivity index (χ3n) is 4.41. The fraction of sp³-hybridized carbons (Fsp3) is 0.368. The number of nitrogens with one attached hydrogen (secondary N) is 1. The molecule has 7 heteroatoms. The van der Waals surface area contributed by atoms with Gasteiger partial charge in [-0.3, -0.25) is 4.99 Å². The predicted molar refractivity (Wildman–Crippen MR) is 120 cm³/mol. The SMILES string of the molecule is CN=C(NCc1scnc1C)N1CC=C(c2cccc(OC)c2)CC1.I. The second-order valence-electron chi connectivity index (χ2n) is 5.92. The molecule has 1 N–H and O–H groups in total. The van der Waals surface area contributed by atoms with Crippen LogP contribution in [0.5, 0.6) is 5.75 Å². The number of guanidine groups is 1. The van der Waals surface area contributed by atoms with Crippen LogP contribution in [0.3, 0.4) is 0 Å². The van der Waals surface area contributed by atoms with E-state index >= 15 is 0 Å². The van der Waals surface area contributed by atoms with Crippen LogP contribution in [0.25, 0.3) is 5.57 Å². The minimum absolute atomic E-state index is 0. The first kappa shape index (κ1) is 20.7. The van der Waals surface area contributed by atoms with Crippen molar-refractivity contribution in [2.24, 2.45) is 4.99 Å². The lowest BCUT2D eigenvalue weighted by atomic mass is 9.99. The van der Waals surface area contributed by atoms with Crippen LogP contribution in [-0.4, -0.2) is 43.1 Å². The van der Waals surface area contributed by atoms with Crippen LogP contribution in [0.15, 0.2) is 40.8 Å². The molecule has 0 saturated heterocycles. The highest BCUT2D eigenvalue weighted by Crippen LogP contribution is 2.25. The van der Waals surface area contributed by atoms with Gasteiger partial charge >= 0.3 is 0 Å². The maximum Gasteiger partial charge on any atom is 0.194 e. The molecule has 26 heavy (non-hydrogen) atoms. The Kier molecular flexibility index (Phi) is 7.89. The van der Waals surface area contributed by atoms with Gasteiger partial charge in [-0.25, -0.2) is 4.98 Å². The van der Waals surface area contributed by atoms with Crippen LogP contribution in [0, 0.1) is 6.92 Å². The van der Waals surface area contributed by atoms with Crippen molar-refractivity contribution in [1.82, 2.24) is 15.2 Å². The van der Waals surface area contributed by atoms with Gasteiger partial charge in [0.05, 0.1) is 24.9 Å². The number of halogens is 1. The number of hydrogen-bond acceptors (Lipinski definition) is 4. The normalized spacial score (nSPS) is 14.5. The van der Waals surface area contributed by atoms with Crippen molar-refractivity contribution in [3.05, 3.63) is 52.0 Å². The molecule has 2 heterocycles. The summed E-state index contributed by atoms with van der Waals surface area (Å²) >= 11 is 1.68. The van der Waals surface area contributed by atoms with Gasteiger partial charge in [0.25, 0.3) is 0 Å². The van der Waals surface area contributed by atoms with Gasteiger partial charge in [0.15, 0.2) is 5.96 Å². The van der Waals surface area contributed by atoms with E-state index in [2.05, 4.69) is 38.4 Å². The highest BCUT2D eigenvalue weighted by Gasteiger charge is 2.16. The first-order valence-electron chi connectivity index (χ1n) is 8.39. The Morgan fingerprint density at radius 1 is 1.42 bits per heavy atom. The van der Waals surface area contributed by atoms with Gasteiger partial charge in [-0.15, -0.1) is 35.3 Å². The molecule has 0 bridgehead atoms. The number of methoxy groups -OCH3 is 1. The maximum atomic E-state index is 5.33. The summed E-state index contributed by atoms with van der Waals surface area (Å²) in [6.07, 6.45) is 3.27. The highest BCUT2D eigenvalue weighted by atomic mass is 127. The van der Waals surface area contributed by atoms with Gasteiger partial charge in [-0.2, -0.15) is 0 Å². The molecule has 3 rings (SSSR count). The molecule has 140 valence electrons. The van der Waals surface area contributed by atoms with E-state index in [0.29, 0.717) is 0 Å². The molecule has 1 aromatic carbocycles. The lowest BCUT2D eigenvalue weighted by Gasteiger charge is -2.29. The molecule has 0 aliphatic carbocycles. The fourth-order valence-electron chi connectivity index (χ4n) is 2.93. The van der Waals surface area contributed by atoms with Crippen molar-refractivity contribution < 1.29 is 4.74 Å². The van der Waals surface area contributed by atoms with E-state index in [1.807, 2.05) is 31.6 Å². The molecule has 0 spiro atoms. The smallest absolute Gasteiger partial charge is 0.194 e. The third-order valence-corrected chi connectivity index (χ3v) is 5.35. The van der Waals surface area contributed by atoms with Gasteiger partial charge in [0.1, 0.15) is 5.75 Å². The largest absolute Gasteiger partial charge is 0.497 e. The third kappa shape index (κ3) is 4.97. The fourth-order valence-corrected chi connectivity index (χ4v) is 3.65. The second kappa shape index (κ2) is 9.91. The molecule has 0 amide bonds. The average Bonchev–Trinajstić information content (AvgIpc) is 3.08. The topological polar surface area (TPSA) is 49.8 Å². The Balaban J connectivity index is 0.00000243. The highest BCUT2D eigenvalue weighted by molar-refractivity contribution is 14.0. The van der Waals surface area contributed by atoms with E-state index in [9.17, 15) is 0 Å². The molecule has 1 aliphatic heterocycles. The van der Waals surface area contributed by atoms with Crippen LogP contribution < -0.4 is 10.1 Å². The number of aryl methyl sites for hydroxylation is 1. The molecule has 0 fully saturated rings. The lowest BCUT2D eigenvalue weighted by molar-refractivity contribution is 0.414. The van der Waals surface area contributed by atoms with Crippen molar-refractivity contribution >= 4 is 46.8 Å². The lowest BCUT2D eigenvalue weighted by Crippen LogP contribution is -2.43. The number of aromatic nitrogens is 1. The maximum absolute atomic E-state index is 5.33. The first-order chi connectivity index (χ1) is 12.2. The molecular weight excluding hydrogens is 459 g/mol.